The van der Waals surface area contributed by atoms with Gasteiger partial charge in [-0.25, -0.2) is 4.39 Å². The molecule has 2 atom stereocenters. The number of rotatable bonds is 3. The van der Waals surface area contributed by atoms with Crippen molar-refractivity contribution in [3.8, 4) is 0 Å². The Balaban J connectivity index is 2.21. The maximum Gasteiger partial charge on any atom is 0.142 e. The molecule has 0 bridgehead atoms. The van der Waals surface area contributed by atoms with Gasteiger partial charge in [-0.1, -0.05) is 43.5 Å². The predicted octanol–water partition coefficient (Wildman–Crippen LogP) is 5.36. The van der Waals surface area contributed by atoms with Crippen LogP contribution >= 0.6 is 23.2 Å². The zero-order chi connectivity index (χ0) is 14.2. The van der Waals surface area contributed by atoms with Crippen LogP contribution in [-0.2, 0) is 0 Å². The number of benzene rings is 1. The molecule has 0 aromatic heterocycles. The van der Waals surface area contributed by atoms with Crippen LogP contribution in [0.5, 0.6) is 0 Å². The lowest BCUT2D eigenvalue weighted by molar-refractivity contribution is 0.266. The molecule has 2 rings (SSSR count). The predicted molar refractivity (Wildman–Crippen MR) is 79.4 cm³/mol. The van der Waals surface area contributed by atoms with Crippen LogP contribution in [0.25, 0.3) is 0 Å². The second kappa shape index (κ2) is 5.59. The lowest BCUT2D eigenvalue weighted by Crippen LogP contribution is -2.39. The van der Waals surface area contributed by atoms with Gasteiger partial charge in [-0.15, -0.1) is 0 Å². The van der Waals surface area contributed by atoms with Crippen molar-refractivity contribution >= 4 is 23.2 Å². The summed E-state index contributed by atoms with van der Waals surface area (Å²) in [6.07, 6.45) is 3.58. The summed E-state index contributed by atoms with van der Waals surface area (Å²) >= 11 is 12.2. The Morgan fingerprint density at radius 2 is 2.05 bits per heavy atom. The molecule has 0 amide bonds. The number of hydrogen-bond donors (Lipinski definition) is 1. The van der Waals surface area contributed by atoms with E-state index in [2.05, 4.69) is 19.2 Å². The Hall–Kier alpha value is -0.310. The molecule has 0 heterocycles. The van der Waals surface area contributed by atoms with Crippen LogP contribution in [0, 0.1) is 11.2 Å². The van der Waals surface area contributed by atoms with Gasteiger partial charge in [0.1, 0.15) is 5.82 Å². The van der Waals surface area contributed by atoms with Crippen LogP contribution in [0.2, 0.25) is 10.0 Å². The third-order valence-electron chi connectivity index (χ3n) is 4.22. The van der Waals surface area contributed by atoms with E-state index >= 15 is 0 Å². The lowest BCUT2D eigenvalue weighted by atomic mass is 9.86. The number of hydrogen-bond acceptors (Lipinski definition) is 1. The largest absolute Gasteiger partial charge is 0.307 e. The zero-order valence-electron chi connectivity index (χ0n) is 11.6. The van der Waals surface area contributed by atoms with Crippen molar-refractivity contribution in [3.63, 3.8) is 0 Å². The Bertz CT molecular complexity index is 473. The molecule has 1 N–H and O–H groups in total. The van der Waals surface area contributed by atoms with Crippen molar-refractivity contribution in [3.05, 3.63) is 33.6 Å². The molecule has 1 aliphatic carbocycles. The molecule has 0 aliphatic heterocycles. The maximum absolute atomic E-state index is 13.6. The van der Waals surface area contributed by atoms with E-state index in [4.69, 9.17) is 23.2 Å². The summed E-state index contributed by atoms with van der Waals surface area (Å²) in [4.78, 5) is 0. The summed E-state index contributed by atoms with van der Waals surface area (Å²) in [7, 11) is 0. The molecular weight excluding hydrogens is 284 g/mol. The van der Waals surface area contributed by atoms with Gasteiger partial charge in [-0.05, 0) is 37.3 Å². The van der Waals surface area contributed by atoms with Crippen molar-refractivity contribution in [2.75, 3.05) is 0 Å². The molecule has 4 heteroatoms. The van der Waals surface area contributed by atoms with Gasteiger partial charge < -0.3 is 5.32 Å². The van der Waals surface area contributed by atoms with E-state index in [1.165, 1.54) is 18.9 Å². The van der Waals surface area contributed by atoms with Gasteiger partial charge in [0.25, 0.3) is 0 Å². The van der Waals surface area contributed by atoms with Crippen molar-refractivity contribution in [2.45, 2.75) is 52.1 Å². The van der Waals surface area contributed by atoms with Crippen molar-refractivity contribution in [1.82, 2.24) is 5.32 Å². The van der Waals surface area contributed by atoms with Gasteiger partial charge in [0.15, 0.2) is 0 Å². The highest BCUT2D eigenvalue weighted by Gasteiger charge is 2.35. The van der Waals surface area contributed by atoms with Crippen molar-refractivity contribution in [2.24, 2.45) is 5.41 Å². The molecule has 1 fully saturated rings. The molecular formula is C15H20Cl2FN. The minimum Gasteiger partial charge on any atom is -0.307 e. The number of halogens is 3. The lowest BCUT2D eigenvalue weighted by Gasteiger charge is -2.31. The molecule has 106 valence electrons. The first-order valence-corrected chi connectivity index (χ1v) is 7.48. The van der Waals surface area contributed by atoms with Crippen LogP contribution in [0.1, 0.15) is 51.6 Å². The molecule has 1 aliphatic rings. The highest BCUT2D eigenvalue weighted by atomic mass is 35.5. The average Bonchev–Trinajstić information content (AvgIpc) is 2.64. The summed E-state index contributed by atoms with van der Waals surface area (Å²) in [5.41, 5.74) is 0.923. The Kier molecular flexibility index (Phi) is 4.44. The summed E-state index contributed by atoms with van der Waals surface area (Å²) < 4.78 is 13.6. The van der Waals surface area contributed by atoms with E-state index in [0.717, 1.165) is 6.42 Å². The summed E-state index contributed by atoms with van der Waals surface area (Å²) in [6, 6.07) is 3.23. The minimum absolute atomic E-state index is 0.0573. The molecule has 0 saturated heterocycles. The Morgan fingerprint density at radius 1 is 1.37 bits per heavy atom. The van der Waals surface area contributed by atoms with E-state index in [1.807, 2.05) is 6.92 Å². The molecule has 1 nitrogen and oxygen atoms in total. The quantitative estimate of drug-likeness (QED) is 0.741. The first-order valence-electron chi connectivity index (χ1n) is 6.72. The Labute approximate surface area is 124 Å². The van der Waals surface area contributed by atoms with E-state index in [0.29, 0.717) is 16.6 Å². The third kappa shape index (κ3) is 3.07. The standard InChI is InChI=1S/C15H20Cl2FN/c1-9(19-12-5-4-8-15(12,2)3)13-10(16)6-7-11(18)14(13)17/h6-7,9,12,19H,4-5,8H2,1-3H3. The fourth-order valence-corrected chi connectivity index (χ4v) is 3.66. The van der Waals surface area contributed by atoms with Crippen LogP contribution in [0.3, 0.4) is 0 Å². The van der Waals surface area contributed by atoms with E-state index in [1.54, 1.807) is 6.07 Å². The zero-order valence-corrected chi connectivity index (χ0v) is 13.1. The normalized spacial score (nSPS) is 23.6. The van der Waals surface area contributed by atoms with Crippen LogP contribution < -0.4 is 5.32 Å². The summed E-state index contributed by atoms with van der Waals surface area (Å²) in [5.74, 6) is -0.416. The SMILES string of the molecule is CC(NC1CCCC1(C)C)c1c(Cl)ccc(F)c1Cl. The third-order valence-corrected chi connectivity index (χ3v) is 4.93. The summed E-state index contributed by atoms with van der Waals surface area (Å²) in [5, 5.41) is 4.20. The van der Waals surface area contributed by atoms with Crippen LogP contribution in [-0.4, -0.2) is 6.04 Å². The molecule has 1 saturated carbocycles. The fraction of sp³-hybridized carbons (Fsp3) is 0.600. The molecule has 1 aromatic rings. The van der Waals surface area contributed by atoms with E-state index in [-0.39, 0.29) is 16.5 Å². The molecule has 0 spiro atoms. The highest BCUT2D eigenvalue weighted by Crippen LogP contribution is 2.40. The van der Waals surface area contributed by atoms with Gasteiger partial charge >= 0.3 is 0 Å². The average molecular weight is 304 g/mol. The van der Waals surface area contributed by atoms with Gasteiger partial charge in [-0.2, -0.15) is 0 Å². The van der Waals surface area contributed by atoms with Crippen molar-refractivity contribution in [1.29, 1.82) is 0 Å². The minimum atomic E-state index is -0.416. The molecule has 19 heavy (non-hydrogen) atoms. The monoisotopic (exact) mass is 303 g/mol. The first kappa shape index (κ1) is 15.1. The molecule has 2 unspecified atom stereocenters. The first-order chi connectivity index (χ1) is 8.83. The van der Waals surface area contributed by atoms with Crippen LogP contribution in [0.4, 0.5) is 4.39 Å². The second-order valence-electron chi connectivity index (χ2n) is 6.08. The van der Waals surface area contributed by atoms with Gasteiger partial charge in [0.05, 0.1) is 5.02 Å². The van der Waals surface area contributed by atoms with E-state index < -0.39 is 5.82 Å². The Morgan fingerprint density at radius 3 is 2.63 bits per heavy atom. The fourth-order valence-electron chi connectivity index (χ4n) is 2.96. The highest BCUT2D eigenvalue weighted by molar-refractivity contribution is 6.36. The van der Waals surface area contributed by atoms with Gasteiger partial charge in [0.2, 0.25) is 0 Å². The second-order valence-corrected chi connectivity index (χ2v) is 6.86. The number of nitrogens with one attached hydrogen (secondary N) is 1. The maximum atomic E-state index is 13.6. The van der Waals surface area contributed by atoms with Crippen molar-refractivity contribution < 1.29 is 4.39 Å². The smallest absolute Gasteiger partial charge is 0.142 e. The van der Waals surface area contributed by atoms with Gasteiger partial charge in [0, 0.05) is 22.7 Å². The molecule has 0 radical (unpaired) electrons. The molecule has 1 aromatic carbocycles. The summed E-state index contributed by atoms with van der Waals surface area (Å²) in [6.45, 7) is 6.51. The van der Waals surface area contributed by atoms with E-state index in [9.17, 15) is 4.39 Å². The van der Waals surface area contributed by atoms with Crippen LogP contribution in [0.15, 0.2) is 12.1 Å². The van der Waals surface area contributed by atoms with Gasteiger partial charge in [-0.3, -0.25) is 0 Å². The topological polar surface area (TPSA) is 12.0 Å².